The fourth-order valence-electron chi connectivity index (χ4n) is 3.07. The summed E-state index contributed by atoms with van der Waals surface area (Å²) < 4.78 is 0. The maximum absolute atomic E-state index is 3.57. The third-order valence-electron chi connectivity index (χ3n) is 4.21. The van der Waals surface area contributed by atoms with Crippen molar-refractivity contribution in [1.82, 2.24) is 10.2 Å². The van der Waals surface area contributed by atoms with Crippen LogP contribution in [0.4, 0.5) is 0 Å². The van der Waals surface area contributed by atoms with Gasteiger partial charge in [0.2, 0.25) is 0 Å². The molecule has 1 saturated heterocycles. The van der Waals surface area contributed by atoms with Crippen molar-refractivity contribution < 1.29 is 0 Å². The minimum absolute atomic E-state index is 0.758. The highest BCUT2D eigenvalue weighted by atomic mass is 15.2. The van der Waals surface area contributed by atoms with Gasteiger partial charge in [-0.25, -0.2) is 0 Å². The highest BCUT2D eigenvalue weighted by Crippen LogP contribution is 2.23. The number of allylic oxidation sites excluding steroid dienone is 1. The average molecular weight is 236 g/mol. The molecule has 2 rings (SSSR count). The van der Waals surface area contributed by atoms with Crippen LogP contribution >= 0.6 is 0 Å². The summed E-state index contributed by atoms with van der Waals surface area (Å²) in [7, 11) is 0. The molecule has 1 heterocycles. The summed E-state index contributed by atoms with van der Waals surface area (Å²) in [6.45, 7) is 7.29. The van der Waals surface area contributed by atoms with Gasteiger partial charge in [-0.3, -0.25) is 4.90 Å². The van der Waals surface area contributed by atoms with Crippen LogP contribution in [0, 0.1) is 5.92 Å². The topological polar surface area (TPSA) is 15.3 Å². The minimum Gasteiger partial charge on any atom is -0.316 e. The van der Waals surface area contributed by atoms with E-state index in [9.17, 15) is 0 Å². The van der Waals surface area contributed by atoms with Gasteiger partial charge in [0.1, 0.15) is 0 Å². The predicted molar refractivity (Wildman–Crippen MR) is 74.2 cm³/mol. The van der Waals surface area contributed by atoms with Gasteiger partial charge >= 0.3 is 0 Å². The maximum Gasteiger partial charge on any atom is 0.0278 e. The average Bonchev–Trinajstić information content (AvgIpc) is 2.41. The van der Waals surface area contributed by atoms with E-state index < -0.39 is 0 Å². The van der Waals surface area contributed by atoms with Crippen molar-refractivity contribution in [2.75, 3.05) is 26.2 Å². The van der Waals surface area contributed by atoms with Crippen molar-refractivity contribution >= 4 is 0 Å². The van der Waals surface area contributed by atoms with Gasteiger partial charge < -0.3 is 5.32 Å². The molecular formula is C15H28N2. The highest BCUT2D eigenvalue weighted by molar-refractivity contribution is 4.99. The number of piperidine rings is 1. The van der Waals surface area contributed by atoms with Gasteiger partial charge in [0, 0.05) is 6.04 Å². The second-order valence-electron chi connectivity index (χ2n) is 5.61. The summed E-state index contributed by atoms with van der Waals surface area (Å²) in [4.78, 5) is 2.70. The number of nitrogens with zero attached hydrogens (tertiary/aromatic N) is 1. The minimum atomic E-state index is 0.758. The second kappa shape index (κ2) is 7.17. The largest absolute Gasteiger partial charge is 0.316 e. The van der Waals surface area contributed by atoms with E-state index in [1.807, 2.05) is 0 Å². The SMILES string of the molecule is CCCNCC1CCN(C2C=CCCC2)CC1. The van der Waals surface area contributed by atoms with E-state index in [1.165, 1.54) is 64.7 Å². The monoisotopic (exact) mass is 236 g/mol. The summed E-state index contributed by atoms with van der Waals surface area (Å²) in [6.07, 6.45) is 12.9. The van der Waals surface area contributed by atoms with Crippen LogP contribution in [0.5, 0.6) is 0 Å². The zero-order valence-electron chi connectivity index (χ0n) is 11.3. The van der Waals surface area contributed by atoms with Crippen LogP contribution in [0.2, 0.25) is 0 Å². The molecule has 0 spiro atoms. The zero-order chi connectivity index (χ0) is 11.9. The van der Waals surface area contributed by atoms with Gasteiger partial charge in [-0.15, -0.1) is 0 Å². The number of likely N-dealkylation sites (tertiary alicyclic amines) is 1. The van der Waals surface area contributed by atoms with Crippen LogP contribution in [0.1, 0.15) is 45.4 Å². The maximum atomic E-state index is 3.57. The Labute approximate surface area is 106 Å². The summed E-state index contributed by atoms with van der Waals surface area (Å²) in [5, 5.41) is 3.57. The van der Waals surface area contributed by atoms with Crippen LogP contribution in [-0.4, -0.2) is 37.1 Å². The first-order valence-corrected chi connectivity index (χ1v) is 7.51. The molecule has 0 bridgehead atoms. The fourth-order valence-corrected chi connectivity index (χ4v) is 3.07. The lowest BCUT2D eigenvalue weighted by Crippen LogP contribution is -2.42. The molecular weight excluding hydrogens is 208 g/mol. The molecule has 2 heteroatoms. The summed E-state index contributed by atoms with van der Waals surface area (Å²) in [5.41, 5.74) is 0. The predicted octanol–water partition coefficient (Wildman–Crippen LogP) is 2.81. The second-order valence-corrected chi connectivity index (χ2v) is 5.61. The molecule has 1 aliphatic carbocycles. The van der Waals surface area contributed by atoms with E-state index in [0.29, 0.717) is 0 Å². The third-order valence-corrected chi connectivity index (χ3v) is 4.21. The Balaban J connectivity index is 1.66. The van der Waals surface area contributed by atoms with Crippen molar-refractivity contribution in [3.8, 4) is 0 Å². The summed E-state index contributed by atoms with van der Waals surface area (Å²) in [5.74, 6) is 0.922. The third kappa shape index (κ3) is 4.11. The lowest BCUT2D eigenvalue weighted by molar-refractivity contribution is 0.144. The van der Waals surface area contributed by atoms with Gasteiger partial charge in [-0.05, 0) is 70.6 Å². The van der Waals surface area contributed by atoms with Crippen LogP contribution in [0.15, 0.2) is 12.2 Å². The Morgan fingerprint density at radius 1 is 1.24 bits per heavy atom. The molecule has 0 amide bonds. The van der Waals surface area contributed by atoms with Gasteiger partial charge in [-0.1, -0.05) is 19.1 Å². The Morgan fingerprint density at radius 3 is 2.71 bits per heavy atom. The van der Waals surface area contributed by atoms with Crippen LogP contribution in [0.25, 0.3) is 0 Å². The number of hydrogen-bond acceptors (Lipinski definition) is 2. The van der Waals surface area contributed by atoms with Crippen LogP contribution in [-0.2, 0) is 0 Å². The molecule has 1 unspecified atom stereocenters. The van der Waals surface area contributed by atoms with E-state index in [-0.39, 0.29) is 0 Å². The number of hydrogen-bond donors (Lipinski definition) is 1. The number of nitrogens with one attached hydrogen (secondary N) is 1. The van der Waals surface area contributed by atoms with Gasteiger partial charge in [0.25, 0.3) is 0 Å². The Bertz CT molecular complexity index is 229. The molecule has 1 aliphatic heterocycles. The highest BCUT2D eigenvalue weighted by Gasteiger charge is 2.23. The first kappa shape index (κ1) is 13.1. The van der Waals surface area contributed by atoms with E-state index in [1.54, 1.807) is 0 Å². The van der Waals surface area contributed by atoms with Gasteiger partial charge in [-0.2, -0.15) is 0 Å². The molecule has 1 N–H and O–H groups in total. The number of rotatable bonds is 5. The molecule has 2 aliphatic rings. The van der Waals surface area contributed by atoms with Crippen molar-refractivity contribution in [2.45, 2.75) is 51.5 Å². The van der Waals surface area contributed by atoms with E-state index in [2.05, 4.69) is 29.3 Å². The van der Waals surface area contributed by atoms with Gasteiger partial charge in [0.05, 0.1) is 0 Å². The molecule has 1 fully saturated rings. The molecule has 2 nitrogen and oxygen atoms in total. The molecule has 0 radical (unpaired) electrons. The standard InChI is InChI=1S/C15H28N2/c1-2-10-16-13-14-8-11-17(12-9-14)15-6-4-3-5-7-15/h4,6,14-16H,2-3,5,7-13H2,1H3. The normalized spacial score (nSPS) is 27.5. The Hall–Kier alpha value is -0.340. The molecule has 98 valence electrons. The Kier molecular flexibility index (Phi) is 5.53. The fraction of sp³-hybridized carbons (Fsp3) is 0.867. The lowest BCUT2D eigenvalue weighted by atomic mass is 9.93. The van der Waals surface area contributed by atoms with Crippen molar-refractivity contribution in [3.05, 3.63) is 12.2 Å². The van der Waals surface area contributed by atoms with Crippen LogP contribution in [0.3, 0.4) is 0 Å². The molecule has 17 heavy (non-hydrogen) atoms. The van der Waals surface area contributed by atoms with E-state index >= 15 is 0 Å². The summed E-state index contributed by atoms with van der Waals surface area (Å²) in [6, 6.07) is 0.758. The zero-order valence-corrected chi connectivity index (χ0v) is 11.3. The van der Waals surface area contributed by atoms with E-state index in [4.69, 9.17) is 0 Å². The van der Waals surface area contributed by atoms with E-state index in [0.717, 1.165) is 12.0 Å². The van der Waals surface area contributed by atoms with Crippen molar-refractivity contribution in [3.63, 3.8) is 0 Å². The van der Waals surface area contributed by atoms with Crippen molar-refractivity contribution in [1.29, 1.82) is 0 Å². The molecule has 1 atom stereocenters. The van der Waals surface area contributed by atoms with Crippen LogP contribution < -0.4 is 5.32 Å². The smallest absolute Gasteiger partial charge is 0.0278 e. The van der Waals surface area contributed by atoms with Gasteiger partial charge in [0.15, 0.2) is 0 Å². The summed E-state index contributed by atoms with van der Waals surface area (Å²) >= 11 is 0. The first-order valence-electron chi connectivity index (χ1n) is 7.51. The van der Waals surface area contributed by atoms with Crippen molar-refractivity contribution in [2.24, 2.45) is 5.92 Å². The molecule has 0 aromatic carbocycles. The molecule has 0 aromatic rings. The molecule has 0 saturated carbocycles. The first-order chi connectivity index (χ1) is 8.40. The quantitative estimate of drug-likeness (QED) is 0.583. The Morgan fingerprint density at radius 2 is 2.06 bits per heavy atom. The molecule has 0 aromatic heterocycles. The lowest BCUT2D eigenvalue weighted by Gasteiger charge is -2.37.